The van der Waals surface area contributed by atoms with Crippen molar-refractivity contribution in [3.63, 3.8) is 0 Å². The number of anilines is 1. The summed E-state index contributed by atoms with van der Waals surface area (Å²) in [5.41, 5.74) is 2.53. The highest BCUT2D eigenvalue weighted by Gasteiger charge is 2.21. The first-order valence-electron chi connectivity index (χ1n) is 9.57. The van der Waals surface area contributed by atoms with Crippen LogP contribution in [0.5, 0.6) is 5.75 Å². The van der Waals surface area contributed by atoms with Crippen LogP contribution >= 0.6 is 0 Å². The topological polar surface area (TPSA) is 61.9 Å². The number of ether oxygens (including phenoxy) is 1. The van der Waals surface area contributed by atoms with Crippen molar-refractivity contribution in [2.24, 2.45) is 0 Å². The zero-order valence-electron chi connectivity index (χ0n) is 16.5. The lowest BCUT2D eigenvalue weighted by atomic mass is 10.1. The number of carbonyl (C=O) groups excluding carboxylic acids is 2. The first-order chi connectivity index (χ1) is 13.5. The third-order valence-corrected chi connectivity index (χ3v) is 5.06. The fourth-order valence-electron chi connectivity index (χ4n) is 3.27. The van der Waals surface area contributed by atoms with Crippen molar-refractivity contribution in [2.75, 3.05) is 45.2 Å². The molecule has 0 aromatic heterocycles. The van der Waals surface area contributed by atoms with Gasteiger partial charge in [-0.2, -0.15) is 0 Å². The Bertz CT molecular complexity index is 812. The maximum atomic E-state index is 12.5. The number of nitrogens with zero attached hydrogens (tertiary/aromatic N) is 2. The predicted octanol–water partition coefficient (Wildman–Crippen LogP) is 3.29. The molecule has 148 valence electrons. The molecule has 1 fully saturated rings. The summed E-state index contributed by atoms with van der Waals surface area (Å²) >= 11 is 0. The van der Waals surface area contributed by atoms with Crippen molar-refractivity contribution in [3.8, 4) is 5.75 Å². The van der Waals surface area contributed by atoms with Crippen molar-refractivity contribution in [3.05, 3.63) is 59.7 Å². The number of amides is 2. The molecule has 1 aliphatic rings. The molecule has 2 aromatic carbocycles. The molecular formula is C22H27N3O3. The lowest BCUT2D eigenvalue weighted by molar-refractivity contribution is 0.101. The Hall–Kier alpha value is -2.86. The van der Waals surface area contributed by atoms with Crippen LogP contribution in [0.15, 0.2) is 48.5 Å². The molecule has 1 N–H and O–H groups in total. The summed E-state index contributed by atoms with van der Waals surface area (Å²) in [4.78, 5) is 28.2. The Kier molecular flexibility index (Phi) is 6.66. The van der Waals surface area contributed by atoms with Crippen LogP contribution < -0.4 is 10.1 Å². The van der Waals surface area contributed by atoms with Crippen LogP contribution in [0.3, 0.4) is 0 Å². The molecule has 2 amide bonds. The minimum absolute atomic E-state index is 0.0124. The Morgan fingerprint density at radius 2 is 1.75 bits per heavy atom. The van der Waals surface area contributed by atoms with E-state index in [-0.39, 0.29) is 11.8 Å². The lowest BCUT2D eigenvalue weighted by Gasteiger charge is -2.34. The summed E-state index contributed by atoms with van der Waals surface area (Å²) in [5.74, 6) is 0.860. The predicted molar refractivity (Wildman–Crippen MR) is 110 cm³/mol. The highest BCUT2D eigenvalue weighted by atomic mass is 16.5. The van der Waals surface area contributed by atoms with Crippen molar-refractivity contribution in [2.45, 2.75) is 13.3 Å². The van der Waals surface area contributed by atoms with E-state index in [0.29, 0.717) is 24.3 Å². The smallest absolute Gasteiger partial charge is 0.321 e. The molecule has 3 rings (SSSR count). The number of Topliss-reactive ketones (excluding diaryl/α,β-unsaturated/α-hetero) is 1. The van der Waals surface area contributed by atoms with Crippen LogP contribution in [-0.4, -0.2) is 61.4 Å². The Balaban J connectivity index is 1.44. The monoisotopic (exact) mass is 381 g/mol. The second-order valence-corrected chi connectivity index (χ2v) is 6.99. The van der Waals surface area contributed by atoms with Crippen molar-refractivity contribution in [1.82, 2.24) is 9.80 Å². The van der Waals surface area contributed by atoms with E-state index in [1.807, 2.05) is 17.0 Å². The van der Waals surface area contributed by atoms with Gasteiger partial charge in [0.25, 0.3) is 0 Å². The number of benzene rings is 2. The highest BCUT2D eigenvalue weighted by molar-refractivity contribution is 5.96. The van der Waals surface area contributed by atoms with E-state index >= 15 is 0 Å². The first-order valence-corrected chi connectivity index (χ1v) is 9.57. The lowest BCUT2D eigenvalue weighted by Crippen LogP contribution is -2.50. The van der Waals surface area contributed by atoms with E-state index < -0.39 is 0 Å². The fourth-order valence-corrected chi connectivity index (χ4v) is 3.27. The van der Waals surface area contributed by atoms with E-state index in [9.17, 15) is 9.59 Å². The van der Waals surface area contributed by atoms with Crippen LogP contribution in [0.1, 0.15) is 22.8 Å². The molecule has 1 aliphatic heterocycles. The molecule has 6 nitrogen and oxygen atoms in total. The van der Waals surface area contributed by atoms with Gasteiger partial charge in [-0.1, -0.05) is 24.3 Å². The third kappa shape index (κ3) is 5.33. The van der Waals surface area contributed by atoms with Crippen molar-refractivity contribution in [1.29, 1.82) is 0 Å². The second-order valence-electron chi connectivity index (χ2n) is 6.99. The molecule has 0 unspecified atom stereocenters. The van der Waals surface area contributed by atoms with E-state index in [2.05, 4.69) is 22.3 Å². The molecule has 0 aliphatic carbocycles. The van der Waals surface area contributed by atoms with E-state index in [1.165, 1.54) is 12.5 Å². The fraction of sp³-hybridized carbons (Fsp3) is 0.364. The zero-order valence-corrected chi connectivity index (χ0v) is 16.5. The van der Waals surface area contributed by atoms with Gasteiger partial charge in [0.1, 0.15) is 5.75 Å². The van der Waals surface area contributed by atoms with Gasteiger partial charge >= 0.3 is 6.03 Å². The molecule has 28 heavy (non-hydrogen) atoms. The number of hydrogen-bond donors (Lipinski definition) is 1. The number of ketones is 1. The molecule has 0 atom stereocenters. The van der Waals surface area contributed by atoms with Gasteiger partial charge in [-0.25, -0.2) is 4.79 Å². The highest BCUT2D eigenvalue weighted by Crippen LogP contribution is 2.14. The summed E-state index contributed by atoms with van der Waals surface area (Å²) in [6.45, 7) is 5.60. The van der Waals surface area contributed by atoms with Gasteiger partial charge in [-0.3, -0.25) is 9.69 Å². The number of hydrogen-bond acceptors (Lipinski definition) is 4. The van der Waals surface area contributed by atoms with E-state index in [4.69, 9.17) is 4.74 Å². The molecule has 0 saturated carbocycles. The summed E-state index contributed by atoms with van der Waals surface area (Å²) in [6.07, 6.45) is 0.980. The average Bonchev–Trinajstić information content (AvgIpc) is 2.73. The number of piperazine rings is 1. The summed E-state index contributed by atoms with van der Waals surface area (Å²) in [5, 5.41) is 2.89. The van der Waals surface area contributed by atoms with Gasteiger partial charge in [0.15, 0.2) is 5.78 Å². The first kappa shape index (κ1) is 19.9. The maximum Gasteiger partial charge on any atom is 0.321 e. The number of methoxy groups -OCH3 is 1. The van der Waals surface area contributed by atoms with Crippen molar-refractivity contribution < 1.29 is 14.3 Å². The number of nitrogens with one attached hydrogen (secondary N) is 1. The molecule has 2 aromatic rings. The Labute approximate surface area is 166 Å². The molecule has 0 radical (unpaired) electrons. The SMILES string of the molecule is COc1ccc(CCN2CCN(C(=O)Nc3cccc(C(C)=O)c3)CC2)cc1. The maximum absolute atomic E-state index is 12.5. The van der Waals surface area contributed by atoms with Gasteiger partial charge in [0, 0.05) is 44.0 Å². The number of urea groups is 1. The largest absolute Gasteiger partial charge is 0.497 e. The van der Waals surface area contributed by atoms with Crippen LogP contribution in [0.4, 0.5) is 10.5 Å². The van der Waals surface area contributed by atoms with E-state index in [0.717, 1.165) is 31.8 Å². The second kappa shape index (κ2) is 9.37. The number of carbonyl (C=O) groups is 2. The molecule has 6 heteroatoms. The minimum atomic E-state index is -0.115. The Morgan fingerprint density at radius 1 is 1.04 bits per heavy atom. The van der Waals surface area contributed by atoms with Gasteiger partial charge in [0.05, 0.1) is 7.11 Å². The van der Waals surface area contributed by atoms with Crippen LogP contribution in [0.2, 0.25) is 0 Å². The zero-order chi connectivity index (χ0) is 19.9. The third-order valence-electron chi connectivity index (χ3n) is 5.06. The number of rotatable bonds is 6. The van der Waals surface area contributed by atoms with E-state index in [1.54, 1.807) is 31.4 Å². The van der Waals surface area contributed by atoms with Crippen LogP contribution in [0.25, 0.3) is 0 Å². The van der Waals surface area contributed by atoms with Crippen LogP contribution in [0, 0.1) is 0 Å². The quantitative estimate of drug-likeness (QED) is 0.780. The summed E-state index contributed by atoms with van der Waals surface area (Å²) < 4.78 is 5.19. The van der Waals surface area contributed by atoms with Crippen LogP contribution in [-0.2, 0) is 6.42 Å². The normalized spacial score (nSPS) is 14.6. The molecule has 0 spiro atoms. The minimum Gasteiger partial charge on any atom is -0.497 e. The average molecular weight is 381 g/mol. The van der Waals surface area contributed by atoms with Gasteiger partial charge in [-0.15, -0.1) is 0 Å². The van der Waals surface area contributed by atoms with Crippen molar-refractivity contribution >= 4 is 17.5 Å². The molecular weight excluding hydrogens is 354 g/mol. The van der Waals surface area contributed by atoms with Gasteiger partial charge < -0.3 is 15.0 Å². The molecule has 0 bridgehead atoms. The molecule has 1 saturated heterocycles. The van der Waals surface area contributed by atoms with Gasteiger partial charge in [-0.05, 0) is 43.2 Å². The summed E-state index contributed by atoms with van der Waals surface area (Å²) in [6, 6.07) is 15.1. The Morgan fingerprint density at radius 3 is 2.39 bits per heavy atom. The summed E-state index contributed by atoms with van der Waals surface area (Å²) in [7, 11) is 1.67. The molecule has 1 heterocycles. The van der Waals surface area contributed by atoms with Gasteiger partial charge in [0.2, 0.25) is 0 Å². The standard InChI is InChI=1S/C22H27N3O3/c1-17(26)19-4-3-5-20(16-19)23-22(27)25-14-12-24(13-15-25)11-10-18-6-8-21(28-2)9-7-18/h3-9,16H,10-15H2,1-2H3,(H,23,27).